The summed E-state index contributed by atoms with van der Waals surface area (Å²) < 4.78 is 18.9. The Labute approximate surface area is 170 Å². The minimum atomic E-state index is -0.331. The molecule has 1 amide bonds. The number of piperazine rings is 1. The first kappa shape index (κ1) is 19.0. The number of carbonyl (C=O) groups excluding carboxylic acids is 1. The van der Waals surface area contributed by atoms with Crippen molar-refractivity contribution in [2.45, 2.75) is 6.61 Å². The van der Waals surface area contributed by atoms with Crippen LogP contribution in [0.15, 0.2) is 78.9 Å². The molecular formula is C24H23FN2O2. The topological polar surface area (TPSA) is 32.8 Å². The van der Waals surface area contributed by atoms with Gasteiger partial charge in [-0.25, -0.2) is 4.39 Å². The van der Waals surface area contributed by atoms with Crippen LogP contribution >= 0.6 is 0 Å². The molecule has 0 bridgehead atoms. The Bertz CT molecular complexity index is 935. The summed E-state index contributed by atoms with van der Waals surface area (Å²) >= 11 is 0. The van der Waals surface area contributed by atoms with Crippen LogP contribution in [0.2, 0.25) is 0 Å². The lowest BCUT2D eigenvalue weighted by molar-refractivity contribution is 0.0746. The third-order valence-electron chi connectivity index (χ3n) is 5.11. The Morgan fingerprint density at radius 3 is 2.14 bits per heavy atom. The SMILES string of the molecule is O=C(c1ccc(F)cc1)N1CCN(c2ccc(OCc3ccccc3)cc2)CC1. The Balaban J connectivity index is 1.30. The van der Waals surface area contributed by atoms with E-state index in [4.69, 9.17) is 4.74 Å². The van der Waals surface area contributed by atoms with Gasteiger partial charge >= 0.3 is 0 Å². The summed E-state index contributed by atoms with van der Waals surface area (Å²) in [5.74, 6) is 0.458. The predicted molar refractivity (Wildman–Crippen MR) is 112 cm³/mol. The van der Waals surface area contributed by atoms with Crippen LogP contribution in [0, 0.1) is 5.82 Å². The molecule has 3 aromatic carbocycles. The number of halogens is 1. The second-order valence-corrected chi connectivity index (χ2v) is 7.05. The summed E-state index contributed by atoms with van der Waals surface area (Å²) in [6.45, 7) is 3.35. The van der Waals surface area contributed by atoms with Crippen LogP contribution in [0.4, 0.5) is 10.1 Å². The normalized spacial score (nSPS) is 14.0. The maximum Gasteiger partial charge on any atom is 0.253 e. The molecule has 0 spiro atoms. The molecule has 0 radical (unpaired) electrons. The summed E-state index contributed by atoms with van der Waals surface area (Å²) in [4.78, 5) is 16.6. The fraction of sp³-hybridized carbons (Fsp3) is 0.208. The Kier molecular flexibility index (Phi) is 5.75. The molecule has 0 aromatic heterocycles. The van der Waals surface area contributed by atoms with Crippen LogP contribution in [-0.4, -0.2) is 37.0 Å². The monoisotopic (exact) mass is 390 g/mol. The summed E-state index contributed by atoms with van der Waals surface area (Å²) in [6.07, 6.45) is 0. The van der Waals surface area contributed by atoms with Gasteiger partial charge in [0.05, 0.1) is 0 Å². The maximum absolute atomic E-state index is 13.1. The van der Waals surface area contributed by atoms with Gasteiger partial charge in [0.15, 0.2) is 0 Å². The highest BCUT2D eigenvalue weighted by Gasteiger charge is 2.22. The van der Waals surface area contributed by atoms with Gasteiger partial charge in [0.1, 0.15) is 18.2 Å². The largest absolute Gasteiger partial charge is 0.489 e. The molecule has 1 saturated heterocycles. The van der Waals surface area contributed by atoms with E-state index in [1.54, 1.807) is 0 Å². The second kappa shape index (κ2) is 8.78. The molecule has 1 aliphatic heterocycles. The lowest BCUT2D eigenvalue weighted by atomic mass is 10.1. The van der Waals surface area contributed by atoms with Crippen molar-refractivity contribution in [3.05, 3.63) is 95.8 Å². The first-order valence-corrected chi connectivity index (χ1v) is 9.76. The van der Waals surface area contributed by atoms with Gasteiger partial charge in [-0.1, -0.05) is 30.3 Å². The van der Waals surface area contributed by atoms with Crippen LogP contribution in [0.1, 0.15) is 15.9 Å². The molecule has 1 aliphatic rings. The van der Waals surface area contributed by atoms with Crippen LogP contribution < -0.4 is 9.64 Å². The Morgan fingerprint density at radius 2 is 1.48 bits per heavy atom. The molecule has 5 heteroatoms. The molecule has 148 valence electrons. The number of nitrogens with zero attached hydrogens (tertiary/aromatic N) is 2. The molecule has 0 aliphatic carbocycles. The molecule has 3 aromatic rings. The molecule has 1 fully saturated rings. The third-order valence-corrected chi connectivity index (χ3v) is 5.11. The van der Waals surface area contributed by atoms with Crippen molar-refractivity contribution >= 4 is 11.6 Å². The molecule has 29 heavy (non-hydrogen) atoms. The molecular weight excluding hydrogens is 367 g/mol. The standard InChI is InChI=1S/C24H23FN2O2/c25-21-8-6-20(7-9-21)24(28)27-16-14-26(15-17-27)22-10-12-23(13-11-22)29-18-19-4-2-1-3-5-19/h1-13H,14-18H2. The van der Waals surface area contributed by atoms with Crippen molar-refractivity contribution in [1.29, 1.82) is 0 Å². The Hall–Kier alpha value is -3.34. The van der Waals surface area contributed by atoms with E-state index in [0.29, 0.717) is 25.3 Å². The number of hydrogen-bond acceptors (Lipinski definition) is 3. The first-order chi connectivity index (χ1) is 14.2. The predicted octanol–water partition coefficient (Wildman–Crippen LogP) is 4.37. The van der Waals surface area contributed by atoms with Crippen LogP contribution in [-0.2, 0) is 6.61 Å². The summed E-state index contributed by atoms with van der Waals surface area (Å²) in [7, 11) is 0. The molecule has 4 nitrogen and oxygen atoms in total. The fourth-order valence-electron chi connectivity index (χ4n) is 3.44. The summed E-state index contributed by atoms with van der Waals surface area (Å²) in [6, 6.07) is 23.9. The fourth-order valence-corrected chi connectivity index (χ4v) is 3.44. The van der Waals surface area contributed by atoms with Gasteiger partial charge in [0.25, 0.3) is 5.91 Å². The lowest BCUT2D eigenvalue weighted by Gasteiger charge is -2.36. The number of rotatable bonds is 5. The van der Waals surface area contributed by atoms with Crippen molar-refractivity contribution in [3.8, 4) is 5.75 Å². The summed E-state index contributed by atoms with van der Waals surface area (Å²) in [5.41, 5.74) is 2.78. The van der Waals surface area contributed by atoms with Gasteiger partial charge in [0, 0.05) is 37.4 Å². The lowest BCUT2D eigenvalue weighted by Crippen LogP contribution is -2.48. The molecule has 0 N–H and O–H groups in total. The van der Waals surface area contributed by atoms with E-state index in [0.717, 1.165) is 30.1 Å². The van der Waals surface area contributed by atoms with Gasteiger partial charge in [-0.2, -0.15) is 0 Å². The van der Waals surface area contributed by atoms with Crippen LogP contribution in [0.5, 0.6) is 5.75 Å². The smallest absolute Gasteiger partial charge is 0.253 e. The number of benzene rings is 3. The van der Waals surface area contributed by atoms with E-state index in [1.807, 2.05) is 47.4 Å². The van der Waals surface area contributed by atoms with E-state index in [-0.39, 0.29) is 11.7 Å². The van der Waals surface area contributed by atoms with Gasteiger partial charge in [-0.3, -0.25) is 4.79 Å². The van der Waals surface area contributed by atoms with Crippen molar-refractivity contribution in [3.63, 3.8) is 0 Å². The number of hydrogen-bond donors (Lipinski definition) is 0. The van der Waals surface area contributed by atoms with E-state index in [1.165, 1.54) is 24.3 Å². The van der Waals surface area contributed by atoms with Crippen molar-refractivity contribution < 1.29 is 13.9 Å². The van der Waals surface area contributed by atoms with Gasteiger partial charge in [-0.15, -0.1) is 0 Å². The minimum Gasteiger partial charge on any atom is -0.489 e. The molecule has 4 rings (SSSR count). The maximum atomic E-state index is 13.1. The van der Waals surface area contributed by atoms with Crippen LogP contribution in [0.25, 0.3) is 0 Å². The number of ether oxygens (including phenoxy) is 1. The summed E-state index contributed by atoms with van der Waals surface area (Å²) in [5, 5.41) is 0. The zero-order chi connectivity index (χ0) is 20.1. The average Bonchev–Trinajstić information content (AvgIpc) is 2.79. The third kappa shape index (κ3) is 4.74. The average molecular weight is 390 g/mol. The molecule has 0 unspecified atom stereocenters. The van der Waals surface area contributed by atoms with Gasteiger partial charge in [-0.05, 0) is 54.1 Å². The minimum absolute atomic E-state index is 0.0469. The van der Waals surface area contributed by atoms with Gasteiger partial charge in [0.2, 0.25) is 0 Å². The van der Waals surface area contributed by atoms with Gasteiger partial charge < -0.3 is 14.5 Å². The number of anilines is 1. The number of carbonyl (C=O) groups is 1. The molecule has 1 heterocycles. The Morgan fingerprint density at radius 1 is 0.828 bits per heavy atom. The van der Waals surface area contributed by atoms with E-state index in [9.17, 15) is 9.18 Å². The van der Waals surface area contributed by atoms with E-state index < -0.39 is 0 Å². The highest BCUT2D eigenvalue weighted by molar-refractivity contribution is 5.94. The highest BCUT2D eigenvalue weighted by atomic mass is 19.1. The van der Waals surface area contributed by atoms with Crippen LogP contribution in [0.3, 0.4) is 0 Å². The van der Waals surface area contributed by atoms with Crippen molar-refractivity contribution in [2.24, 2.45) is 0 Å². The van der Waals surface area contributed by atoms with E-state index in [2.05, 4.69) is 17.0 Å². The van der Waals surface area contributed by atoms with Crippen molar-refractivity contribution in [2.75, 3.05) is 31.1 Å². The molecule has 0 saturated carbocycles. The second-order valence-electron chi connectivity index (χ2n) is 7.05. The zero-order valence-electron chi connectivity index (χ0n) is 16.1. The molecule has 0 atom stereocenters. The number of amides is 1. The van der Waals surface area contributed by atoms with Crippen molar-refractivity contribution in [1.82, 2.24) is 4.90 Å². The first-order valence-electron chi connectivity index (χ1n) is 9.76. The highest BCUT2D eigenvalue weighted by Crippen LogP contribution is 2.22. The van der Waals surface area contributed by atoms with E-state index >= 15 is 0 Å². The quantitative estimate of drug-likeness (QED) is 0.649. The zero-order valence-corrected chi connectivity index (χ0v) is 16.1.